The van der Waals surface area contributed by atoms with Gasteiger partial charge in [0.25, 0.3) is 0 Å². The first-order chi connectivity index (χ1) is 11.5. The van der Waals surface area contributed by atoms with E-state index >= 15 is 0 Å². The van der Waals surface area contributed by atoms with Crippen molar-refractivity contribution in [3.63, 3.8) is 0 Å². The molecule has 2 N–H and O–H groups in total. The Labute approximate surface area is 135 Å². The highest BCUT2D eigenvalue weighted by atomic mass is 19.2. The zero-order valence-electron chi connectivity index (χ0n) is 12.2. The van der Waals surface area contributed by atoms with Crippen molar-refractivity contribution in [2.75, 3.05) is 5.73 Å². The van der Waals surface area contributed by atoms with Gasteiger partial charge < -0.3 is 5.73 Å². The van der Waals surface area contributed by atoms with Crippen LogP contribution in [0.2, 0.25) is 0 Å². The summed E-state index contributed by atoms with van der Waals surface area (Å²) in [6.45, 7) is 0. The van der Waals surface area contributed by atoms with E-state index in [0.29, 0.717) is 16.8 Å². The van der Waals surface area contributed by atoms with Crippen molar-refractivity contribution in [2.24, 2.45) is 0 Å². The van der Waals surface area contributed by atoms with Gasteiger partial charge in [-0.1, -0.05) is 18.2 Å². The van der Waals surface area contributed by atoms with Gasteiger partial charge >= 0.3 is 0 Å². The van der Waals surface area contributed by atoms with Gasteiger partial charge in [0.2, 0.25) is 0 Å². The second-order valence-electron chi connectivity index (χ2n) is 5.07. The number of nitrogens with zero attached hydrogens (tertiary/aromatic N) is 2. The van der Waals surface area contributed by atoms with E-state index in [9.17, 15) is 18.4 Å². The molecule has 118 valence electrons. The standard InChI is InChI=1S/C18H10F3N3/c19-12-3-1-2-11(6-12)17-8-13(14(9-22)18(23)24-17)10-4-5-15(20)16(21)7-10/h1-8H,(H2,23,24). The molecule has 3 rings (SSSR count). The Kier molecular flexibility index (Phi) is 3.92. The lowest BCUT2D eigenvalue weighted by Crippen LogP contribution is -2.00. The summed E-state index contributed by atoms with van der Waals surface area (Å²) in [6.07, 6.45) is 0. The second kappa shape index (κ2) is 6.05. The average molecular weight is 325 g/mol. The Morgan fingerprint density at radius 3 is 2.38 bits per heavy atom. The van der Waals surface area contributed by atoms with Crippen LogP contribution in [0.5, 0.6) is 0 Å². The first-order valence-electron chi connectivity index (χ1n) is 6.91. The SMILES string of the molecule is N#Cc1c(-c2ccc(F)c(F)c2)cc(-c2cccc(F)c2)nc1N. The highest BCUT2D eigenvalue weighted by Crippen LogP contribution is 2.32. The van der Waals surface area contributed by atoms with Crippen molar-refractivity contribution in [3.05, 3.63) is 71.5 Å². The number of hydrogen-bond donors (Lipinski definition) is 1. The number of nitrogens with two attached hydrogens (primary N) is 1. The van der Waals surface area contributed by atoms with Crippen LogP contribution in [0, 0.1) is 28.8 Å². The largest absolute Gasteiger partial charge is 0.383 e. The molecule has 0 aliphatic heterocycles. The van der Waals surface area contributed by atoms with Gasteiger partial charge in [-0.3, -0.25) is 0 Å². The summed E-state index contributed by atoms with van der Waals surface area (Å²) in [7, 11) is 0. The van der Waals surface area contributed by atoms with Crippen molar-refractivity contribution in [1.82, 2.24) is 4.98 Å². The molecule has 24 heavy (non-hydrogen) atoms. The van der Waals surface area contributed by atoms with E-state index < -0.39 is 17.5 Å². The number of aromatic nitrogens is 1. The molecule has 2 aromatic carbocycles. The third kappa shape index (κ3) is 2.79. The molecular formula is C18H10F3N3. The Hall–Kier alpha value is -3.33. The molecule has 0 unspecified atom stereocenters. The lowest BCUT2D eigenvalue weighted by molar-refractivity contribution is 0.509. The zero-order chi connectivity index (χ0) is 17.3. The molecule has 0 atom stereocenters. The van der Waals surface area contributed by atoms with E-state index in [-0.39, 0.29) is 16.9 Å². The van der Waals surface area contributed by atoms with Gasteiger partial charge in [0.1, 0.15) is 23.3 Å². The van der Waals surface area contributed by atoms with E-state index in [1.807, 2.05) is 6.07 Å². The first-order valence-corrected chi connectivity index (χ1v) is 6.91. The third-order valence-electron chi connectivity index (χ3n) is 3.51. The van der Waals surface area contributed by atoms with Crippen LogP contribution in [0.4, 0.5) is 19.0 Å². The molecule has 1 heterocycles. The number of halogens is 3. The molecule has 0 saturated carbocycles. The minimum atomic E-state index is -1.04. The molecular weight excluding hydrogens is 315 g/mol. The second-order valence-corrected chi connectivity index (χ2v) is 5.07. The van der Waals surface area contributed by atoms with Crippen molar-refractivity contribution in [2.45, 2.75) is 0 Å². The maximum atomic E-state index is 13.5. The van der Waals surface area contributed by atoms with Gasteiger partial charge in [-0.15, -0.1) is 0 Å². The van der Waals surface area contributed by atoms with Gasteiger partial charge in [-0.25, -0.2) is 18.2 Å². The minimum Gasteiger partial charge on any atom is -0.383 e. The summed E-state index contributed by atoms with van der Waals surface area (Å²) < 4.78 is 40.1. The zero-order valence-corrected chi connectivity index (χ0v) is 12.2. The van der Waals surface area contributed by atoms with Crippen LogP contribution in [0.1, 0.15) is 5.56 Å². The van der Waals surface area contributed by atoms with Crippen LogP contribution >= 0.6 is 0 Å². The monoisotopic (exact) mass is 325 g/mol. The molecule has 3 nitrogen and oxygen atoms in total. The predicted molar refractivity (Wildman–Crippen MR) is 84.1 cm³/mol. The molecule has 3 aromatic rings. The quantitative estimate of drug-likeness (QED) is 0.764. The molecule has 0 saturated heterocycles. The predicted octanol–water partition coefficient (Wildman–Crippen LogP) is 4.29. The Balaban J connectivity index is 2.24. The molecule has 1 aromatic heterocycles. The number of nitriles is 1. The first kappa shape index (κ1) is 15.6. The van der Waals surface area contributed by atoms with Gasteiger partial charge in [-0.05, 0) is 35.9 Å². The average Bonchev–Trinajstić information content (AvgIpc) is 2.56. The van der Waals surface area contributed by atoms with Gasteiger partial charge in [0, 0.05) is 11.1 Å². The van der Waals surface area contributed by atoms with E-state index in [4.69, 9.17) is 5.73 Å². The molecule has 0 aliphatic carbocycles. The third-order valence-corrected chi connectivity index (χ3v) is 3.51. The van der Waals surface area contributed by atoms with Crippen molar-refractivity contribution in [1.29, 1.82) is 5.26 Å². The molecule has 0 bridgehead atoms. The number of anilines is 1. The number of rotatable bonds is 2. The summed E-state index contributed by atoms with van der Waals surface area (Å²) in [4.78, 5) is 4.10. The van der Waals surface area contributed by atoms with E-state index in [0.717, 1.165) is 12.1 Å². The van der Waals surface area contributed by atoms with Gasteiger partial charge in [-0.2, -0.15) is 5.26 Å². The molecule has 6 heteroatoms. The van der Waals surface area contributed by atoms with Crippen molar-refractivity contribution in [3.8, 4) is 28.5 Å². The summed E-state index contributed by atoms with van der Waals surface area (Å²) in [5.74, 6) is -2.56. The fourth-order valence-electron chi connectivity index (χ4n) is 2.37. The highest BCUT2D eigenvalue weighted by Gasteiger charge is 2.15. The van der Waals surface area contributed by atoms with Crippen LogP contribution in [0.15, 0.2) is 48.5 Å². The molecule has 0 radical (unpaired) electrons. The maximum Gasteiger partial charge on any atom is 0.159 e. The summed E-state index contributed by atoms with van der Waals surface area (Å²) in [5.41, 5.74) is 7.21. The Morgan fingerprint density at radius 1 is 0.917 bits per heavy atom. The summed E-state index contributed by atoms with van der Waals surface area (Å²) in [5, 5.41) is 9.29. The van der Waals surface area contributed by atoms with Crippen LogP contribution in [-0.4, -0.2) is 4.98 Å². The van der Waals surface area contributed by atoms with Gasteiger partial charge in [0.05, 0.1) is 5.69 Å². The molecule has 0 amide bonds. The smallest absolute Gasteiger partial charge is 0.159 e. The minimum absolute atomic E-state index is 0.0427. The fraction of sp³-hybridized carbons (Fsp3) is 0. The van der Waals surface area contributed by atoms with Crippen molar-refractivity contribution >= 4 is 5.82 Å². The van der Waals surface area contributed by atoms with E-state index in [1.54, 1.807) is 6.07 Å². The summed E-state index contributed by atoms with van der Waals surface area (Å²) in [6, 6.07) is 12.4. The highest BCUT2D eigenvalue weighted by molar-refractivity contribution is 5.80. The van der Waals surface area contributed by atoms with Crippen LogP contribution < -0.4 is 5.73 Å². The molecule has 0 fully saturated rings. The fourth-order valence-corrected chi connectivity index (χ4v) is 2.37. The topological polar surface area (TPSA) is 62.7 Å². The van der Waals surface area contributed by atoms with Gasteiger partial charge in [0.15, 0.2) is 11.6 Å². The van der Waals surface area contributed by atoms with Crippen molar-refractivity contribution < 1.29 is 13.2 Å². The molecule has 0 aliphatic rings. The Morgan fingerprint density at radius 2 is 1.71 bits per heavy atom. The van der Waals surface area contributed by atoms with E-state index in [2.05, 4.69) is 4.98 Å². The summed E-state index contributed by atoms with van der Waals surface area (Å²) >= 11 is 0. The van der Waals surface area contributed by atoms with E-state index in [1.165, 1.54) is 30.3 Å². The normalized spacial score (nSPS) is 10.4. The Bertz CT molecular complexity index is 978. The number of benzene rings is 2. The van der Waals surface area contributed by atoms with Crippen LogP contribution in [0.25, 0.3) is 22.4 Å². The maximum absolute atomic E-state index is 13.5. The number of pyridine rings is 1. The number of hydrogen-bond acceptors (Lipinski definition) is 3. The molecule has 0 spiro atoms. The lowest BCUT2D eigenvalue weighted by Gasteiger charge is -2.10. The van der Waals surface area contributed by atoms with Crippen LogP contribution in [0.3, 0.4) is 0 Å². The van der Waals surface area contributed by atoms with Crippen LogP contribution in [-0.2, 0) is 0 Å². The lowest BCUT2D eigenvalue weighted by atomic mass is 9.98. The number of nitrogen functional groups attached to an aromatic ring is 1.